The molecule has 101 heavy (non-hydrogen) atoms. The van der Waals surface area contributed by atoms with E-state index in [0.29, 0.717) is 28.0 Å². The van der Waals surface area contributed by atoms with Gasteiger partial charge >= 0.3 is 48.0 Å². The van der Waals surface area contributed by atoms with Crippen LogP contribution >= 0.6 is 21.6 Å². The number of rotatable bonds is 38. The lowest BCUT2D eigenvalue weighted by Gasteiger charge is -2.35. The van der Waals surface area contributed by atoms with Crippen LogP contribution < -0.4 is 53.8 Å². The van der Waals surface area contributed by atoms with Gasteiger partial charge in [0.2, 0.25) is 41.0 Å². The van der Waals surface area contributed by atoms with Gasteiger partial charge in [-0.05, 0) is 48.6 Å². The van der Waals surface area contributed by atoms with Crippen molar-refractivity contribution in [3.05, 3.63) is 135 Å². The quantitative estimate of drug-likeness (QED) is 0.0142. The minimum Gasteiger partial charge on any atom is -0.481 e. The number of urea groups is 1. The van der Waals surface area contributed by atoms with E-state index >= 15 is 0 Å². The van der Waals surface area contributed by atoms with Gasteiger partial charge < -0.3 is 92.6 Å². The van der Waals surface area contributed by atoms with Crippen molar-refractivity contribution < 1.29 is 107 Å². The Morgan fingerprint density at radius 3 is 1.83 bits per heavy atom. The second-order valence-corrected chi connectivity index (χ2v) is 25.6. The molecule has 4 heterocycles. The van der Waals surface area contributed by atoms with Crippen LogP contribution in [-0.4, -0.2) is 192 Å². The molecular formula is C65H73N11O23S2. The van der Waals surface area contributed by atoms with Crippen molar-refractivity contribution in [1.82, 2.24) is 52.1 Å². The van der Waals surface area contributed by atoms with Crippen LogP contribution in [0, 0.1) is 0 Å². The minimum atomic E-state index is -2.06. The SMILES string of the molecule is CC[C@@]1(OC(=O)OCCSSC[C@H](NC(=O)[C@H](CC(=O)O)NC(=O)[C@@H](N)CNC(=O)[C@H](Cc2ccccc2)NC(=O)[C@H](Cc2ccccc2)NC(=O)CCNC(=O)CC[C@H](NC(=O)N[C@@H](CCC(=O)O)C(=O)O)C(=O)O)C(=O)O)C(=O)OCc2c1cc1n(c2=O)Cc2cc3ccccc3nc2-1. The third-order valence-corrected chi connectivity index (χ3v) is 18.2. The number of nitrogens with one attached hydrogen (secondary N) is 8. The molecule has 538 valence electrons. The van der Waals surface area contributed by atoms with Gasteiger partial charge in [-0.25, -0.2) is 33.8 Å². The van der Waals surface area contributed by atoms with Gasteiger partial charge in [0, 0.05) is 73.2 Å². The van der Waals surface area contributed by atoms with Crippen molar-refractivity contribution in [3.63, 3.8) is 0 Å². The first-order chi connectivity index (χ1) is 48.2. The molecule has 7 rings (SSSR count). The third-order valence-electron chi connectivity index (χ3n) is 15.8. The molecule has 5 aromatic rings. The molecule has 8 atom stereocenters. The molecule has 34 nitrogen and oxygen atoms in total. The average molecular weight is 1440 g/mol. The van der Waals surface area contributed by atoms with Gasteiger partial charge in [0.1, 0.15) is 55.5 Å². The lowest BCUT2D eigenvalue weighted by molar-refractivity contribution is -0.175. The van der Waals surface area contributed by atoms with E-state index in [-0.39, 0.29) is 68.2 Å². The monoisotopic (exact) mass is 1440 g/mol. The topological polar surface area (TPSA) is 525 Å². The summed E-state index contributed by atoms with van der Waals surface area (Å²) < 4.78 is 17.9. The summed E-state index contributed by atoms with van der Waals surface area (Å²) in [5.41, 5.74) is 7.38. The summed E-state index contributed by atoms with van der Waals surface area (Å²) >= 11 is 0. The zero-order chi connectivity index (χ0) is 73.5. The zero-order valence-corrected chi connectivity index (χ0v) is 55.6. The molecule has 0 saturated carbocycles. The molecule has 0 bridgehead atoms. The molecule has 0 saturated heterocycles. The minimum absolute atomic E-state index is 0.0105. The number of amides is 8. The Bertz CT molecular complexity index is 4020. The molecule has 2 aliphatic heterocycles. The number of esters is 1. The van der Waals surface area contributed by atoms with Crippen LogP contribution in [0.3, 0.4) is 0 Å². The Kier molecular flexibility index (Phi) is 28.0. The predicted molar refractivity (Wildman–Crippen MR) is 357 cm³/mol. The lowest BCUT2D eigenvalue weighted by Crippen LogP contribution is -2.58. The van der Waals surface area contributed by atoms with Crippen molar-refractivity contribution in [2.45, 2.75) is 126 Å². The maximum atomic E-state index is 14.2. The van der Waals surface area contributed by atoms with E-state index in [1.165, 1.54) is 4.57 Å². The van der Waals surface area contributed by atoms with Crippen LogP contribution in [0.4, 0.5) is 9.59 Å². The van der Waals surface area contributed by atoms with E-state index in [4.69, 9.17) is 30.0 Å². The molecule has 0 aliphatic carbocycles. The maximum absolute atomic E-state index is 14.2. The number of benzene rings is 3. The number of fused-ring (bicyclic) bond motifs is 5. The number of carboxylic acid groups (broad SMARTS) is 5. The average Bonchev–Trinajstić information content (AvgIpc) is 1.67. The number of carbonyl (C=O) groups excluding carboxylic acids is 9. The molecule has 0 fully saturated rings. The van der Waals surface area contributed by atoms with E-state index in [1.807, 2.05) is 41.0 Å². The highest BCUT2D eigenvalue weighted by atomic mass is 33.1. The molecule has 3 aromatic carbocycles. The van der Waals surface area contributed by atoms with Crippen LogP contribution in [0.15, 0.2) is 102 Å². The summed E-state index contributed by atoms with van der Waals surface area (Å²) in [6.45, 7) is 0.0801. The first-order valence-corrected chi connectivity index (χ1v) is 33.9. The van der Waals surface area contributed by atoms with E-state index in [0.717, 1.165) is 32.5 Å². The molecule has 0 radical (unpaired) electrons. The Balaban J connectivity index is 0.885. The zero-order valence-electron chi connectivity index (χ0n) is 54.0. The molecule has 0 spiro atoms. The number of hydrogen-bond acceptors (Lipinski definition) is 22. The number of aliphatic carboxylic acids is 5. The second kappa shape index (κ2) is 36.6. The first-order valence-electron chi connectivity index (χ1n) is 31.4. The number of para-hydroxylation sites is 1. The fourth-order valence-corrected chi connectivity index (χ4v) is 12.6. The highest BCUT2D eigenvalue weighted by Crippen LogP contribution is 2.41. The Morgan fingerprint density at radius 2 is 1.22 bits per heavy atom. The number of nitrogens with zero attached hydrogens (tertiary/aromatic N) is 2. The number of carbonyl (C=O) groups is 14. The fraction of sp³-hybridized carbons (Fsp3) is 0.385. The van der Waals surface area contributed by atoms with E-state index < -0.39 is 182 Å². The van der Waals surface area contributed by atoms with Crippen LogP contribution in [0.1, 0.15) is 79.7 Å². The van der Waals surface area contributed by atoms with Crippen molar-refractivity contribution in [2.24, 2.45) is 5.73 Å². The number of ether oxygens (including phenoxy) is 3. The standard InChI is InChI=1S/C65H73N11O23S2/c1-2-65(39-28-48-53-37(27-36-15-9-10-16-41(36)70-53)31-76(48)58(87)38(39)32-98-62(65)94)99-64(96)97-23-24-100-101-33-47(61(92)93)73-57(86)46(29-52(81)82)71-54(83)40(66)30-68-55(84)44(25-34-11-5-3-6-12-34)72-56(85)45(26-35-13-7-4-8-14-35)69-50(78)21-22-67-49(77)19-17-42(59(88)89)74-63(95)75-43(60(90)91)18-20-51(79)80/h3-16,27-28,40,42-47H,2,17-26,29-33,66H2,1H3,(H,67,77)(H,68,84)(H,69,78)(H,71,83)(H,72,85)(H,73,86)(H,79,80)(H,81,82)(H,88,89)(H,90,91)(H,92,93)(H2,74,75,95)/t40-,42-,43-,44-,45-,46-,47-,65-/m0/s1. The molecule has 36 heteroatoms. The van der Waals surface area contributed by atoms with Gasteiger partial charge in [0.05, 0.1) is 35.4 Å². The van der Waals surface area contributed by atoms with Crippen molar-refractivity contribution in [2.75, 3.05) is 31.2 Å². The highest BCUT2D eigenvalue weighted by molar-refractivity contribution is 8.76. The molecular weight excluding hydrogens is 1370 g/mol. The summed E-state index contributed by atoms with van der Waals surface area (Å²) in [4.78, 5) is 198. The Morgan fingerprint density at radius 1 is 0.634 bits per heavy atom. The van der Waals surface area contributed by atoms with E-state index in [9.17, 15) is 92.3 Å². The summed E-state index contributed by atoms with van der Waals surface area (Å²) in [6, 6.07) is 14.9. The Hall–Kier alpha value is -11.1. The van der Waals surface area contributed by atoms with Crippen LogP contribution in [0.5, 0.6) is 0 Å². The summed E-state index contributed by atoms with van der Waals surface area (Å²) in [5, 5.41) is 66.8. The highest BCUT2D eigenvalue weighted by Gasteiger charge is 2.51. The number of carboxylic acids is 5. The van der Waals surface area contributed by atoms with Crippen molar-refractivity contribution in [3.8, 4) is 11.4 Å². The summed E-state index contributed by atoms with van der Waals surface area (Å²) in [7, 11) is 1.90. The number of cyclic esters (lactones) is 1. The van der Waals surface area contributed by atoms with Crippen LogP contribution in [0.25, 0.3) is 22.3 Å². The lowest BCUT2D eigenvalue weighted by atomic mass is 9.85. The smallest absolute Gasteiger partial charge is 0.481 e. The molecule has 0 unspecified atom stereocenters. The Labute approximate surface area is 581 Å². The number of hydrogen-bond donors (Lipinski definition) is 14. The van der Waals surface area contributed by atoms with Gasteiger partial charge in [-0.1, -0.05) is 107 Å². The second-order valence-electron chi connectivity index (χ2n) is 23.0. The maximum Gasteiger partial charge on any atom is 0.509 e. The molecule has 15 N–H and O–H groups in total. The van der Waals surface area contributed by atoms with Gasteiger partial charge in [0.15, 0.2) is 0 Å². The van der Waals surface area contributed by atoms with Gasteiger partial charge in [-0.15, -0.1) is 0 Å². The van der Waals surface area contributed by atoms with Crippen LogP contribution in [0.2, 0.25) is 0 Å². The van der Waals surface area contributed by atoms with E-state index in [1.54, 1.807) is 73.7 Å². The van der Waals surface area contributed by atoms with Crippen molar-refractivity contribution >= 4 is 116 Å². The molecule has 2 aromatic heterocycles. The van der Waals surface area contributed by atoms with Gasteiger partial charge in [-0.2, -0.15) is 0 Å². The number of nitrogens with two attached hydrogens (primary N) is 1. The normalized spacial score (nSPS) is 15.4. The van der Waals surface area contributed by atoms with Gasteiger partial charge in [0.25, 0.3) is 5.56 Å². The molecule has 2 aliphatic rings. The predicted octanol–water partition coefficient (Wildman–Crippen LogP) is 0.406. The third kappa shape index (κ3) is 21.9. The first kappa shape index (κ1) is 77.2. The van der Waals surface area contributed by atoms with Gasteiger partial charge in [-0.3, -0.25) is 43.2 Å². The number of aromatic nitrogens is 2. The van der Waals surface area contributed by atoms with E-state index in [2.05, 4.69) is 31.9 Å². The van der Waals surface area contributed by atoms with Crippen LogP contribution in [-0.2, 0) is 103 Å². The number of pyridine rings is 2. The largest absolute Gasteiger partial charge is 0.509 e. The summed E-state index contributed by atoms with van der Waals surface area (Å²) in [5.74, 6) is -14.6. The fourth-order valence-electron chi connectivity index (χ4n) is 10.6. The summed E-state index contributed by atoms with van der Waals surface area (Å²) in [6.07, 6.45) is -5.30. The molecule has 8 amide bonds. The van der Waals surface area contributed by atoms with Crippen molar-refractivity contribution in [1.29, 1.82) is 0 Å².